The number of nitrogens with one attached hydrogen (secondary N) is 1. The predicted molar refractivity (Wildman–Crippen MR) is 156 cm³/mol. The van der Waals surface area contributed by atoms with Gasteiger partial charge in [-0.15, -0.1) is 0 Å². The van der Waals surface area contributed by atoms with Gasteiger partial charge >= 0.3 is 0 Å². The fourth-order valence-corrected chi connectivity index (χ4v) is 5.72. The molecule has 0 saturated heterocycles. The number of rotatable bonds is 11. The Morgan fingerprint density at radius 1 is 0.923 bits per heavy atom. The number of carbonyl (C=O) groups excluding carboxylic acids is 2. The molecule has 0 unspecified atom stereocenters. The molecule has 3 aromatic rings. The van der Waals surface area contributed by atoms with Crippen LogP contribution in [-0.4, -0.2) is 43.8 Å². The minimum atomic E-state index is -4.10. The van der Waals surface area contributed by atoms with Crippen LogP contribution in [0.25, 0.3) is 0 Å². The zero-order chi connectivity index (χ0) is 28.7. The Balaban J connectivity index is 2.04. The van der Waals surface area contributed by atoms with E-state index in [-0.39, 0.29) is 23.4 Å². The molecule has 9 heteroatoms. The maximum Gasteiger partial charge on any atom is 0.264 e. The number of nitrogens with zero attached hydrogens (tertiary/aromatic N) is 2. The average Bonchev–Trinajstić information content (AvgIpc) is 2.90. The summed E-state index contributed by atoms with van der Waals surface area (Å²) in [5.41, 5.74) is 2.88. The van der Waals surface area contributed by atoms with Crippen molar-refractivity contribution in [3.05, 3.63) is 94.5 Å². The Morgan fingerprint density at radius 2 is 1.51 bits per heavy atom. The molecule has 0 heterocycles. The van der Waals surface area contributed by atoms with Crippen LogP contribution in [0.5, 0.6) is 0 Å². The van der Waals surface area contributed by atoms with Crippen molar-refractivity contribution in [1.29, 1.82) is 0 Å². The molecule has 0 saturated carbocycles. The van der Waals surface area contributed by atoms with Crippen LogP contribution >= 0.6 is 11.6 Å². The number of halogens is 1. The summed E-state index contributed by atoms with van der Waals surface area (Å²) in [6.07, 6.45) is 0.736. The van der Waals surface area contributed by atoms with E-state index in [4.69, 9.17) is 11.6 Å². The van der Waals surface area contributed by atoms with Crippen LogP contribution in [-0.2, 0) is 26.2 Å². The molecule has 7 nitrogen and oxygen atoms in total. The highest BCUT2D eigenvalue weighted by Gasteiger charge is 2.32. The molecule has 0 aromatic heterocycles. The van der Waals surface area contributed by atoms with Crippen LogP contribution in [0.3, 0.4) is 0 Å². The second kappa shape index (κ2) is 13.1. The second-order valence-electron chi connectivity index (χ2n) is 9.81. The monoisotopic (exact) mass is 569 g/mol. The Kier molecular flexibility index (Phi) is 10.2. The summed E-state index contributed by atoms with van der Waals surface area (Å²) in [7, 11) is -4.10. The standard InChI is InChI=1S/C30H36ClN3O4S/c1-6-23(4)32-30(36)24(5)33(19-25-12-14-26(31)15-13-25)29(35)20-34(27-17-21(2)16-22(3)18-27)39(37,38)28-10-8-7-9-11-28/h7-18,23-24H,6,19-20H2,1-5H3,(H,32,36)/t23-,24-/m1/s1. The van der Waals surface area contributed by atoms with Gasteiger partial charge in [-0.3, -0.25) is 13.9 Å². The van der Waals surface area contributed by atoms with E-state index in [1.165, 1.54) is 17.0 Å². The first-order valence-corrected chi connectivity index (χ1v) is 14.7. The van der Waals surface area contributed by atoms with E-state index in [1.807, 2.05) is 33.8 Å². The molecular formula is C30H36ClN3O4S. The molecule has 0 radical (unpaired) electrons. The van der Waals surface area contributed by atoms with E-state index in [0.29, 0.717) is 10.7 Å². The molecule has 39 heavy (non-hydrogen) atoms. The molecule has 1 N–H and O–H groups in total. The highest BCUT2D eigenvalue weighted by molar-refractivity contribution is 7.92. The summed E-state index contributed by atoms with van der Waals surface area (Å²) in [4.78, 5) is 28.6. The SMILES string of the molecule is CC[C@@H](C)NC(=O)[C@@H](C)N(Cc1ccc(Cl)cc1)C(=O)CN(c1cc(C)cc(C)c1)S(=O)(=O)c1ccccc1. The normalized spacial score (nSPS) is 12.9. The summed E-state index contributed by atoms with van der Waals surface area (Å²) in [5, 5.41) is 3.48. The van der Waals surface area contributed by atoms with Gasteiger partial charge in [0.2, 0.25) is 11.8 Å². The summed E-state index contributed by atoms with van der Waals surface area (Å²) >= 11 is 6.05. The van der Waals surface area contributed by atoms with E-state index in [2.05, 4.69) is 5.32 Å². The van der Waals surface area contributed by atoms with Gasteiger partial charge in [-0.05, 0) is 87.2 Å². The molecule has 0 bridgehead atoms. The molecule has 0 spiro atoms. The van der Waals surface area contributed by atoms with Gasteiger partial charge in [-0.25, -0.2) is 8.42 Å². The van der Waals surface area contributed by atoms with Gasteiger partial charge in [0.25, 0.3) is 10.0 Å². The van der Waals surface area contributed by atoms with Gasteiger partial charge in [-0.1, -0.05) is 54.9 Å². The van der Waals surface area contributed by atoms with Gasteiger partial charge in [-0.2, -0.15) is 0 Å². The number of amides is 2. The molecule has 3 rings (SSSR count). The van der Waals surface area contributed by atoms with E-state index in [0.717, 1.165) is 27.4 Å². The second-order valence-corrected chi connectivity index (χ2v) is 12.1. The number of benzene rings is 3. The van der Waals surface area contributed by atoms with Gasteiger partial charge in [0.15, 0.2) is 0 Å². The summed E-state index contributed by atoms with van der Waals surface area (Å²) in [6.45, 7) is 8.89. The predicted octanol–water partition coefficient (Wildman–Crippen LogP) is 5.48. The van der Waals surface area contributed by atoms with Crippen molar-refractivity contribution in [2.24, 2.45) is 0 Å². The van der Waals surface area contributed by atoms with Crippen LogP contribution in [0, 0.1) is 13.8 Å². The average molecular weight is 570 g/mol. The number of aryl methyl sites for hydroxylation is 2. The van der Waals surface area contributed by atoms with Gasteiger partial charge < -0.3 is 10.2 Å². The largest absolute Gasteiger partial charge is 0.352 e. The molecule has 3 aromatic carbocycles. The minimum absolute atomic E-state index is 0.0716. The van der Waals surface area contributed by atoms with Crippen molar-refractivity contribution in [3.63, 3.8) is 0 Å². The third kappa shape index (κ3) is 7.83. The quantitative estimate of drug-likeness (QED) is 0.331. The van der Waals surface area contributed by atoms with E-state index in [1.54, 1.807) is 61.5 Å². The summed E-state index contributed by atoms with van der Waals surface area (Å²) < 4.78 is 28.8. The molecular weight excluding hydrogens is 534 g/mol. The van der Waals surface area contributed by atoms with Crippen molar-refractivity contribution >= 4 is 39.1 Å². The van der Waals surface area contributed by atoms with Gasteiger partial charge in [0, 0.05) is 17.6 Å². The Morgan fingerprint density at radius 3 is 2.08 bits per heavy atom. The lowest BCUT2D eigenvalue weighted by atomic mass is 10.1. The van der Waals surface area contributed by atoms with Crippen molar-refractivity contribution in [2.45, 2.75) is 64.6 Å². The molecule has 208 valence electrons. The summed E-state index contributed by atoms with van der Waals surface area (Å²) in [5.74, 6) is -0.814. The number of carbonyl (C=O) groups is 2. The lowest BCUT2D eigenvalue weighted by Gasteiger charge is -2.32. The van der Waals surface area contributed by atoms with E-state index < -0.39 is 28.5 Å². The van der Waals surface area contributed by atoms with Gasteiger partial charge in [0.1, 0.15) is 12.6 Å². The van der Waals surface area contributed by atoms with Crippen LogP contribution in [0.4, 0.5) is 5.69 Å². The molecule has 2 amide bonds. The van der Waals surface area contributed by atoms with E-state index in [9.17, 15) is 18.0 Å². The van der Waals surface area contributed by atoms with Gasteiger partial charge in [0.05, 0.1) is 10.6 Å². The zero-order valence-electron chi connectivity index (χ0n) is 23.0. The maximum atomic E-state index is 14.0. The molecule has 0 aliphatic heterocycles. The lowest BCUT2D eigenvalue weighted by Crippen LogP contribution is -2.52. The fourth-order valence-electron chi connectivity index (χ4n) is 4.18. The van der Waals surface area contributed by atoms with Crippen molar-refractivity contribution in [3.8, 4) is 0 Å². The molecule has 2 atom stereocenters. The van der Waals surface area contributed by atoms with Crippen molar-refractivity contribution in [1.82, 2.24) is 10.2 Å². The van der Waals surface area contributed by atoms with E-state index >= 15 is 0 Å². The minimum Gasteiger partial charge on any atom is -0.352 e. The number of sulfonamides is 1. The summed E-state index contributed by atoms with van der Waals surface area (Å²) in [6, 6.07) is 19.5. The highest BCUT2D eigenvalue weighted by Crippen LogP contribution is 2.26. The fraction of sp³-hybridized carbons (Fsp3) is 0.333. The molecule has 0 aliphatic rings. The van der Waals surface area contributed by atoms with Crippen LogP contribution in [0.1, 0.15) is 43.9 Å². The first-order valence-electron chi connectivity index (χ1n) is 12.9. The van der Waals surface area contributed by atoms with Crippen LogP contribution in [0.15, 0.2) is 77.7 Å². The van der Waals surface area contributed by atoms with Crippen LogP contribution < -0.4 is 9.62 Å². The van der Waals surface area contributed by atoms with Crippen LogP contribution in [0.2, 0.25) is 5.02 Å². The Bertz CT molecular complexity index is 1380. The first-order chi connectivity index (χ1) is 18.4. The highest BCUT2D eigenvalue weighted by atomic mass is 35.5. The van der Waals surface area contributed by atoms with Crippen molar-refractivity contribution < 1.29 is 18.0 Å². The smallest absolute Gasteiger partial charge is 0.264 e. The zero-order valence-corrected chi connectivity index (χ0v) is 24.6. The maximum absolute atomic E-state index is 14.0. The van der Waals surface area contributed by atoms with Crippen molar-refractivity contribution in [2.75, 3.05) is 10.8 Å². The number of hydrogen-bond acceptors (Lipinski definition) is 4. The lowest BCUT2D eigenvalue weighted by molar-refractivity contribution is -0.139. The Labute approximate surface area is 236 Å². The third-order valence-electron chi connectivity index (χ3n) is 6.54. The first kappa shape index (κ1) is 30.2. The number of hydrogen-bond donors (Lipinski definition) is 1. The topological polar surface area (TPSA) is 86.8 Å². The Hall–Kier alpha value is -3.36. The molecule has 0 fully saturated rings. The third-order valence-corrected chi connectivity index (χ3v) is 8.58. The molecule has 0 aliphatic carbocycles. The number of anilines is 1.